The molecule has 2 saturated heterocycles. The molecule has 2 fully saturated rings. The van der Waals surface area contributed by atoms with Crippen LogP contribution in [0.15, 0.2) is 140 Å². The number of hydrogen-bond donors (Lipinski definition) is 2. The molecule has 310 valence electrons. The number of anilines is 1. The third-order valence-electron chi connectivity index (χ3n) is 10.7. The second kappa shape index (κ2) is 19.0. The van der Waals surface area contributed by atoms with Gasteiger partial charge < -0.3 is 24.6 Å². The summed E-state index contributed by atoms with van der Waals surface area (Å²) in [6.07, 6.45) is -3.58. The normalized spacial score (nSPS) is 19.1. The first-order valence-corrected chi connectivity index (χ1v) is 20.0. The van der Waals surface area contributed by atoms with Gasteiger partial charge in [0.15, 0.2) is 12.2 Å². The van der Waals surface area contributed by atoms with Crippen LogP contribution in [0.4, 0.5) is 10.1 Å². The SMILES string of the molecule is O=C(OC1(OC(=O)C(O)c2ccccc2)C(=O)N(CCCN2CCN(c3ccc(F)cc3)CC2)C(=O)CN1C(c1ccccc1)c1ccc(Cl)cc1)C(O)c1ccccc1. The zero-order chi connectivity index (χ0) is 42.2. The van der Waals surface area contributed by atoms with Crippen molar-refractivity contribution < 1.29 is 43.3 Å². The molecule has 2 aliphatic heterocycles. The van der Waals surface area contributed by atoms with Crippen LogP contribution >= 0.6 is 11.6 Å². The molecule has 5 aromatic carbocycles. The van der Waals surface area contributed by atoms with Crippen molar-refractivity contribution in [2.75, 3.05) is 50.7 Å². The van der Waals surface area contributed by atoms with Crippen LogP contribution in [0.2, 0.25) is 5.02 Å². The molecule has 14 heteroatoms. The molecule has 3 atom stereocenters. The van der Waals surface area contributed by atoms with Crippen LogP contribution in [0.1, 0.15) is 46.9 Å². The molecule has 0 aromatic heterocycles. The molecular weight excluding hydrogens is 791 g/mol. The standard InChI is InChI=1S/C46H44ClFN4O8/c47-36-19-17-33(18-20-36)40(32-11-4-1-5-12-32)52-31-39(53)51(26-10-25-49-27-29-50(30-28-49)38-23-21-37(48)22-24-38)45(58)46(52,59-43(56)41(54)34-13-6-2-7-14-34)60-44(57)42(55)35-15-8-3-9-16-35/h1-9,11-24,40-42,54-55H,10,25-31H2. The van der Waals surface area contributed by atoms with E-state index in [2.05, 4.69) is 9.80 Å². The largest absolute Gasteiger partial charge is 0.406 e. The number of benzene rings is 5. The fourth-order valence-corrected chi connectivity index (χ4v) is 7.67. The van der Waals surface area contributed by atoms with Crippen LogP contribution in [0.5, 0.6) is 0 Å². The molecule has 2 aliphatic rings. The van der Waals surface area contributed by atoms with Gasteiger partial charge in [-0.1, -0.05) is 115 Å². The number of ether oxygens (including phenoxy) is 2. The fraction of sp³-hybridized carbons (Fsp3) is 0.261. The summed E-state index contributed by atoms with van der Waals surface area (Å²) in [5, 5.41) is 23.0. The Hall–Kier alpha value is -5.96. The number of carbonyl (C=O) groups is 4. The van der Waals surface area contributed by atoms with Gasteiger partial charge in [-0.2, -0.15) is 0 Å². The Kier molecular flexibility index (Phi) is 13.3. The first kappa shape index (κ1) is 42.2. The predicted molar refractivity (Wildman–Crippen MR) is 221 cm³/mol. The molecule has 60 heavy (non-hydrogen) atoms. The minimum atomic E-state index is -3.03. The maximum absolute atomic E-state index is 15.3. The van der Waals surface area contributed by atoms with E-state index < -0.39 is 54.5 Å². The molecule has 5 aromatic rings. The summed E-state index contributed by atoms with van der Waals surface area (Å²) >= 11 is 6.30. The Morgan fingerprint density at radius 1 is 0.650 bits per heavy atom. The number of hydrogen-bond acceptors (Lipinski definition) is 11. The summed E-state index contributed by atoms with van der Waals surface area (Å²) in [7, 11) is 0. The highest BCUT2D eigenvalue weighted by Crippen LogP contribution is 2.41. The molecular formula is C46H44ClFN4O8. The van der Waals surface area contributed by atoms with E-state index in [1.807, 2.05) is 0 Å². The van der Waals surface area contributed by atoms with Gasteiger partial charge in [-0.15, -0.1) is 0 Å². The van der Waals surface area contributed by atoms with Gasteiger partial charge >= 0.3 is 23.8 Å². The van der Waals surface area contributed by atoms with Gasteiger partial charge in [0.2, 0.25) is 5.91 Å². The average molecular weight is 835 g/mol. The first-order valence-electron chi connectivity index (χ1n) is 19.6. The van der Waals surface area contributed by atoms with Crippen molar-refractivity contribution in [2.45, 2.75) is 30.6 Å². The van der Waals surface area contributed by atoms with E-state index in [9.17, 15) is 29.0 Å². The number of aliphatic hydroxyl groups is 2. The Balaban J connectivity index is 1.25. The topological polar surface area (TPSA) is 140 Å². The molecule has 3 unspecified atom stereocenters. The highest BCUT2D eigenvalue weighted by Gasteiger charge is 2.62. The third kappa shape index (κ3) is 9.41. The van der Waals surface area contributed by atoms with E-state index in [-0.39, 0.29) is 23.5 Å². The zero-order valence-electron chi connectivity index (χ0n) is 32.6. The maximum atomic E-state index is 15.3. The lowest BCUT2D eigenvalue weighted by Gasteiger charge is -2.48. The minimum Gasteiger partial charge on any atom is -0.398 e. The first-order chi connectivity index (χ1) is 29.0. The van der Waals surface area contributed by atoms with Crippen molar-refractivity contribution in [1.82, 2.24) is 14.7 Å². The molecule has 2 N–H and O–H groups in total. The quantitative estimate of drug-likeness (QED) is 0.0815. The van der Waals surface area contributed by atoms with Crippen molar-refractivity contribution in [2.24, 2.45) is 0 Å². The number of esters is 2. The van der Waals surface area contributed by atoms with Gasteiger partial charge in [0.1, 0.15) is 5.82 Å². The van der Waals surface area contributed by atoms with E-state index in [1.165, 1.54) is 41.3 Å². The van der Waals surface area contributed by atoms with Crippen molar-refractivity contribution >= 4 is 41.0 Å². The van der Waals surface area contributed by atoms with Crippen molar-refractivity contribution in [1.29, 1.82) is 0 Å². The van der Waals surface area contributed by atoms with Gasteiger partial charge in [0, 0.05) is 43.4 Å². The van der Waals surface area contributed by atoms with E-state index in [4.69, 9.17) is 21.1 Å². The summed E-state index contributed by atoms with van der Waals surface area (Å²) in [6, 6.07) is 36.3. The molecule has 2 amide bonds. The number of aliphatic hydroxyl groups excluding tert-OH is 2. The average Bonchev–Trinajstić information content (AvgIpc) is 3.28. The Morgan fingerprint density at radius 2 is 1.13 bits per heavy atom. The van der Waals surface area contributed by atoms with Crippen LogP contribution < -0.4 is 4.90 Å². The van der Waals surface area contributed by atoms with Crippen molar-refractivity contribution in [3.63, 3.8) is 0 Å². The van der Waals surface area contributed by atoms with Gasteiger partial charge in [0.05, 0.1) is 12.6 Å². The Labute approximate surface area is 351 Å². The fourth-order valence-electron chi connectivity index (χ4n) is 7.55. The number of halogens is 2. The molecule has 0 saturated carbocycles. The highest BCUT2D eigenvalue weighted by atomic mass is 35.5. The van der Waals surface area contributed by atoms with Gasteiger partial charge in [-0.25, -0.2) is 18.9 Å². The summed E-state index contributed by atoms with van der Waals surface area (Å²) < 4.78 is 25.6. The van der Waals surface area contributed by atoms with Crippen molar-refractivity contribution in [3.05, 3.63) is 173 Å². The van der Waals surface area contributed by atoms with Crippen LogP contribution in [-0.4, -0.2) is 100 Å². The smallest absolute Gasteiger partial charge is 0.398 e. The highest BCUT2D eigenvalue weighted by molar-refractivity contribution is 6.30. The molecule has 0 aliphatic carbocycles. The Morgan fingerprint density at radius 3 is 1.65 bits per heavy atom. The van der Waals surface area contributed by atoms with Crippen LogP contribution in [-0.2, 0) is 28.7 Å². The predicted octanol–water partition coefficient (Wildman–Crippen LogP) is 5.66. The molecule has 0 spiro atoms. The monoisotopic (exact) mass is 834 g/mol. The number of carbonyl (C=O) groups excluding carboxylic acids is 4. The molecule has 7 rings (SSSR count). The lowest BCUT2D eigenvalue weighted by Crippen LogP contribution is -2.72. The second-order valence-electron chi connectivity index (χ2n) is 14.6. The van der Waals surface area contributed by atoms with E-state index >= 15 is 4.79 Å². The number of amides is 2. The van der Waals surface area contributed by atoms with E-state index in [0.717, 1.165) is 10.6 Å². The van der Waals surface area contributed by atoms with Crippen molar-refractivity contribution in [3.8, 4) is 0 Å². The van der Waals surface area contributed by atoms with Crippen LogP contribution in [0.3, 0.4) is 0 Å². The zero-order valence-corrected chi connectivity index (χ0v) is 33.3. The van der Waals surface area contributed by atoms with Crippen LogP contribution in [0.25, 0.3) is 0 Å². The third-order valence-corrected chi connectivity index (χ3v) is 10.9. The van der Waals surface area contributed by atoms with Crippen LogP contribution in [0, 0.1) is 5.82 Å². The number of imide groups is 1. The maximum Gasteiger partial charge on any atom is 0.406 e. The number of nitrogens with zero attached hydrogens (tertiary/aromatic N) is 4. The minimum absolute atomic E-state index is 0.132. The summed E-state index contributed by atoms with van der Waals surface area (Å²) in [6.45, 7) is 2.43. The molecule has 0 radical (unpaired) electrons. The number of rotatable bonds is 14. The molecule has 2 heterocycles. The van der Waals surface area contributed by atoms with Gasteiger partial charge in [-0.3, -0.25) is 19.4 Å². The van der Waals surface area contributed by atoms with Gasteiger partial charge in [0.25, 0.3) is 0 Å². The lowest BCUT2D eigenvalue weighted by atomic mass is 9.95. The second-order valence-corrected chi connectivity index (χ2v) is 15.0. The molecule has 12 nitrogen and oxygen atoms in total. The summed E-state index contributed by atoms with van der Waals surface area (Å²) in [5.74, 6) is -7.90. The summed E-state index contributed by atoms with van der Waals surface area (Å²) in [4.78, 5) is 64.3. The van der Waals surface area contributed by atoms with E-state index in [0.29, 0.717) is 55.3 Å². The van der Waals surface area contributed by atoms with E-state index in [1.54, 1.807) is 103 Å². The summed E-state index contributed by atoms with van der Waals surface area (Å²) in [5.41, 5.74) is 2.19. The lowest BCUT2D eigenvalue weighted by molar-refractivity contribution is -0.296. The Bertz CT molecular complexity index is 2190. The molecule has 0 bridgehead atoms. The number of piperazine rings is 2. The van der Waals surface area contributed by atoms with Gasteiger partial charge in [-0.05, 0) is 71.6 Å².